The van der Waals surface area contributed by atoms with Crippen LogP contribution in [0.25, 0.3) is 11.0 Å². The highest BCUT2D eigenvalue weighted by Gasteiger charge is 2.18. The molecule has 0 aliphatic heterocycles. The van der Waals surface area contributed by atoms with Gasteiger partial charge in [-0.1, -0.05) is 42.5 Å². The third-order valence-electron chi connectivity index (χ3n) is 5.46. The van der Waals surface area contributed by atoms with Crippen molar-refractivity contribution in [2.45, 2.75) is 32.4 Å². The Bertz CT molecular complexity index is 1360. The minimum absolute atomic E-state index is 0.00667. The summed E-state index contributed by atoms with van der Waals surface area (Å²) in [7, 11) is 1.24. The van der Waals surface area contributed by atoms with E-state index in [0.29, 0.717) is 29.7 Å². The van der Waals surface area contributed by atoms with E-state index < -0.39 is 11.9 Å². The van der Waals surface area contributed by atoms with Gasteiger partial charge in [0.1, 0.15) is 12.3 Å². The summed E-state index contributed by atoms with van der Waals surface area (Å²) in [5.41, 5.74) is 3.08. The molecule has 174 valence electrons. The fourth-order valence-corrected chi connectivity index (χ4v) is 3.69. The lowest BCUT2D eigenvalue weighted by Gasteiger charge is -2.12. The topological polar surface area (TPSA) is 101 Å². The standard InChI is InChI=1S/C26H24N2O6/c1-32-26(31)24-19(14-16-33-24)17-34-23(29)12-11-21-25(30)28(15-13-18-7-3-2-4-8-18)22-10-6-5-9-20(22)27-21/h2-10,14,16H,11-13,15,17H2,1H3. The number of hydrogen-bond donors (Lipinski definition) is 0. The highest BCUT2D eigenvalue weighted by Crippen LogP contribution is 2.15. The van der Waals surface area contributed by atoms with Crippen LogP contribution in [0.3, 0.4) is 0 Å². The summed E-state index contributed by atoms with van der Waals surface area (Å²) in [4.78, 5) is 41.7. The van der Waals surface area contributed by atoms with Crippen LogP contribution in [0, 0.1) is 0 Å². The van der Waals surface area contributed by atoms with E-state index in [-0.39, 0.29) is 30.8 Å². The molecule has 0 spiro atoms. The van der Waals surface area contributed by atoms with E-state index in [1.54, 1.807) is 4.57 Å². The molecule has 0 aliphatic carbocycles. The van der Waals surface area contributed by atoms with Gasteiger partial charge in [-0.05, 0) is 30.2 Å². The van der Waals surface area contributed by atoms with Crippen molar-refractivity contribution in [2.75, 3.05) is 7.11 Å². The molecule has 0 saturated heterocycles. The maximum Gasteiger partial charge on any atom is 0.374 e. The molecule has 34 heavy (non-hydrogen) atoms. The smallest absolute Gasteiger partial charge is 0.374 e. The molecule has 0 saturated carbocycles. The molecule has 0 aliphatic rings. The molecule has 4 aromatic rings. The van der Waals surface area contributed by atoms with Crippen molar-refractivity contribution < 1.29 is 23.5 Å². The Balaban J connectivity index is 1.46. The number of carbonyl (C=O) groups excluding carboxylic acids is 2. The van der Waals surface area contributed by atoms with E-state index in [1.165, 1.54) is 19.4 Å². The van der Waals surface area contributed by atoms with Crippen LogP contribution in [0.15, 0.2) is 76.1 Å². The zero-order valence-electron chi connectivity index (χ0n) is 18.7. The van der Waals surface area contributed by atoms with Crippen molar-refractivity contribution in [1.29, 1.82) is 0 Å². The van der Waals surface area contributed by atoms with E-state index >= 15 is 0 Å². The van der Waals surface area contributed by atoms with Crippen molar-refractivity contribution in [1.82, 2.24) is 9.55 Å². The van der Waals surface area contributed by atoms with Crippen LogP contribution in [-0.4, -0.2) is 28.6 Å². The molecule has 0 unspecified atom stereocenters. The van der Waals surface area contributed by atoms with E-state index in [9.17, 15) is 14.4 Å². The van der Waals surface area contributed by atoms with Gasteiger partial charge in [0.2, 0.25) is 5.76 Å². The number of aromatic nitrogens is 2. The first-order valence-electron chi connectivity index (χ1n) is 10.9. The van der Waals surface area contributed by atoms with Crippen LogP contribution >= 0.6 is 0 Å². The molecule has 0 fully saturated rings. The second-order valence-corrected chi connectivity index (χ2v) is 7.67. The number of fused-ring (bicyclic) bond motifs is 1. The summed E-state index contributed by atoms with van der Waals surface area (Å²) in [5.74, 6) is -1.16. The molecule has 2 aromatic heterocycles. The third kappa shape index (κ3) is 5.23. The van der Waals surface area contributed by atoms with Gasteiger partial charge in [-0.3, -0.25) is 9.59 Å². The minimum atomic E-state index is -0.646. The van der Waals surface area contributed by atoms with Gasteiger partial charge < -0.3 is 18.5 Å². The maximum absolute atomic E-state index is 13.2. The third-order valence-corrected chi connectivity index (χ3v) is 5.46. The molecule has 0 amide bonds. The predicted molar refractivity (Wildman–Crippen MR) is 124 cm³/mol. The Morgan fingerprint density at radius 3 is 2.56 bits per heavy atom. The number of ether oxygens (including phenoxy) is 2. The minimum Gasteiger partial charge on any atom is -0.463 e. The van der Waals surface area contributed by atoms with Crippen molar-refractivity contribution in [2.24, 2.45) is 0 Å². The Labute approximate surface area is 195 Å². The van der Waals surface area contributed by atoms with Gasteiger partial charge >= 0.3 is 11.9 Å². The first-order valence-corrected chi connectivity index (χ1v) is 10.9. The summed E-state index contributed by atoms with van der Waals surface area (Å²) in [6.07, 6.45) is 2.14. The number of carbonyl (C=O) groups is 2. The number of benzene rings is 2. The fraction of sp³-hybridized carbons (Fsp3) is 0.231. The number of hydrogen-bond acceptors (Lipinski definition) is 7. The van der Waals surface area contributed by atoms with E-state index in [0.717, 1.165) is 11.1 Å². The number of aryl methyl sites for hydroxylation is 3. The monoisotopic (exact) mass is 460 g/mol. The number of para-hydroxylation sites is 2. The van der Waals surface area contributed by atoms with Crippen LogP contribution in [0.5, 0.6) is 0 Å². The Morgan fingerprint density at radius 1 is 1.00 bits per heavy atom. The number of methoxy groups -OCH3 is 1. The average molecular weight is 460 g/mol. The largest absolute Gasteiger partial charge is 0.463 e. The summed E-state index contributed by atoms with van der Waals surface area (Å²) < 4.78 is 16.7. The van der Waals surface area contributed by atoms with Crippen LogP contribution in [0.1, 0.15) is 33.8 Å². The molecule has 0 bridgehead atoms. The second-order valence-electron chi connectivity index (χ2n) is 7.67. The lowest BCUT2D eigenvalue weighted by atomic mass is 10.1. The van der Waals surface area contributed by atoms with Crippen molar-refractivity contribution >= 4 is 23.0 Å². The van der Waals surface area contributed by atoms with E-state index in [4.69, 9.17) is 9.15 Å². The van der Waals surface area contributed by atoms with Gasteiger partial charge in [0.15, 0.2) is 0 Å². The SMILES string of the molecule is COC(=O)c1occc1COC(=O)CCc1nc2ccccc2n(CCc2ccccc2)c1=O. The number of esters is 2. The summed E-state index contributed by atoms with van der Waals surface area (Å²) in [5, 5.41) is 0. The lowest BCUT2D eigenvalue weighted by molar-refractivity contribution is -0.144. The first-order chi connectivity index (χ1) is 16.6. The highest BCUT2D eigenvalue weighted by atomic mass is 16.5. The molecule has 0 atom stereocenters. The van der Waals surface area contributed by atoms with Gasteiger partial charge in [-0.15, -0.1) is 0 Å². The summed E-state index contributed by atoms with van der Waals surface area (Å²) in [6.45, 7) is 0.367. The molecule has 2 heterocycles. The predicted octanol–water partition coefficient (Wildman–Crippen LogP) is 3.69. The Morgan fingerprint density at radius 2 is 1.76 bits per heavy atom. The van der Waals surface area contributed by atoms with E-state index in [2.05, 4.69) is 9.72 Å². The average Bonchev–Trinajstić information content (AvgIpc) is 3.34. The first kappa shape index (κ1) is 23.0. The van der Waals surface area contributed by atoms with Crippen molar-refractivity contribution in [3.8, 4) is 0 Å². The molecular formula is C26H24N2O6. The molecule has 8 heteroatoms. The molecular weight excluding hydrogens is 436 g/mol. The summed E-state index contributed by atoms with van der Waals surface area (Å²) in [6, 6.07) is 18.9. The maximum atomic E-state index is 13.2. The molecule has 4 rings (SSSR count). The van der Waals surface area contributed by atoms with Crippen LogP contribution < -0.4 is 5.56 Å². The van der Waals surface area contributed by atoms with Crippen LogP contribution in [0.4, 0.5) is 0 Å². The Kier molecular flexibility index (Phi) is 7.17. The molecule has 0 radical (unpaired) electrons. The van der Waals surface area contributed by atoms with Crippen molar-refractivity contribution in [3.63, 3.8) is 0 Å². The van der Waals surface area contributed by atoms with Gasteiger partial charge in [0, 0.05) is 18.5 Å². The van der Waals surface area contributed by atoms with Gasteiger partial charge in [-0.2, -0.15) is 0 Å². The quantitative estimate of drug-likeness (QED) is 0.351. The van der Waals surface area contributed by atoms with Gasteiger partial charge in [0.25, 0.3) is 5.56 Å². The number of furan rings is 1. The van der Waals surface area contributed by atoms with Crippen LogP contribution in [0.2, 0.25) is 0 Å². The van der Waals surface area contributed by atoms with E-state index in [1.807, 2.05) is 54.6 Å². The second kappa shape index (κ2) is 10.6. The lowest BCUT2D eigenvalue weighted by Crippen LogP contribution is -2.27. The zero-order valence-corrected chi connectivity index (χ0v) is 18.7. The van der Waals surface area contributed by atoms with Gasteiger partial charge in [0.05, 0.1) is 30.8 Å². The van der Waals surface area contributed by atoms with Crippen LogP contribution in [-0.2, 0) is 40.3 Å². The van der Waals surface area contributed by atoms with Gasteiger partial charge in [-0.25, -0.2) is 9.78 Å². The highest BCUT2D eigenvalue weighted by molar-refractivity contribution is 5.87. The number of rotatable bonds is 9. The normalized spacial score (nSPS) is 10.9. The van der Waals surface area contributed by atoms with Crippen molar-refractivity contribution in [3.05, 3.63) is 99.9 Å². The molecule has 0 N–H and O–H groups in total. The Hall–Kier alpha value is -4.20. The molecule has 2 aromatic carbocycles. The number of nitrogens with zero attached hydrogens (tertiary/aromatic N) is 2. The zero-order chi connectivity index (χ0) is 23.9. The molecule has 8 nitrogen and oxygen atoms in total. The fourth-order valence-electron chi connectivity index (χ4n) is 3.69. The summed E-state index contributed by atoms with van der Waals surface area (Å²) >= 11 is 0.